The van der Waals surface area contributed by atoms with Gasteiger partial charge in [0.15, 0.2) is 0 Å². The van der Waals surface area contributed by atoms with Gasteiger partial charge >= 0.3 is 5.97 Å². The van der Waals surface area contributed by atoms with E-state index >= 15 is 0 Å². The van der Waals surface area contributed by atoms with Crippen LogP contribution in [0.3, 0.4) is 0 Å². The number of esters is 1. The summed E-state index contributed by atoms with van der Waals surface area (Å²) in [6.07, 6.45) is 0. The van der Waals surface area contributed by atoms with Crippen molar-refractivity contribution < 1.29 is 9.53 Å². The van der Waals surface area contributed by atoms with Gasteiger partial charge in [-0.05, 0) is 24.6 Å². The maximum Gasteiger partial charge on any atom is 0.338 e. The fraction of sp³-hybridized carbons (Fsp3) is 0.200. The molecule has 0 fully saturated rings. The number of carbonyl (C=O) groups is 1. The van der Waals surface area contributed by atoms with E-state index in [1.54, 1.807) is 6.92 Å². The van der Waals surface area contributed by atoms with Crippen LogP contribution in [0.5, 0.6) is 0 Å². The predicted octanol–water partition coefficient (Wildman–Crippen LogP) is 2.31. The van der Waals surface area contributed by atoms with E-state index in [4.69, 9.17) is 16.9 Å². The van der Waals surface area contributed by atoms with E-state index in [-0.39, 0.29) is 0 Å². The van der Waals surface area contributed by atoms with Gasteiger partial charge in [-0.2, -0.15) is 5.26 Å². The lowest BCUT2D eigenvalue weighted by Gasteiger charge is -2.05. The fourth-order valence-electron chi connectivity index (χ4n) is 1.07. The van der Waals surface area contributed by atoms with Crippen LogP contribution in [0.1, 0.15) is 21.5 Å². The first kappa shape index (κ1) is 10.6. The van der Waals surface area contributed by atoms with E-state index in [0.717, 1.165) is 0 Å². The van der Waals surface area contributed by atoms with Gasteiger partial charge in [-0.25, -0.2) is 4.79 Å². The monoisotopic (exact) mass is 209 g/mol. The van der Waals surface area contributed by atoms with E-state index in [1.807, 2.05) is 6.07 Å². The van der Waals surface area contributed by atoms with Crippen LogP contribution >= 0.6 is 11.6 Å². The quantitative estimate of drug-likeness (QED) is 0.667. The van der Waals surface area contributed by atoms with Gasteiger partial charge in [0.1, 0.15) is 0 Å². The number of halogens is 1. The van der Waals surface area contributed by atoms with Crippen LogP contribution in [0.15, 0.2) is 12.1 Å². The van der Waals surface area contributed by atoms with Crippen molar-refractivity contribution in [3.63, 3.8) is 0 Å². The Morgan fingerprint density at radius 3 is 2.71 bits per heavy atom. The Bertz CT molecular complexity index is 421. The highest BCUT2D eigenvalue weighted by Crippen LogP contribution is 2.21. The molecule has 0 aliphatic heterocycles. The van der Waals surface area contributed by atoms with E-state index in [1.165, 1.54) is 19.2 Å². The third-order valence-electron chi connectivity index (χ3n) is 1.88. The number of nitrogens with zero attached hydrogens (tertiary/aromatic N) is 1. The average Bonchev–Trinajstić information content (AvgIpc) is 2.20. The molecule has 0 aliphatic carbocycles. The van der Waals surface area contributed by atoms with Gasteiger partial charge in [-0.15, -0.1) is 0 Å². The zero-order valence-corrected chi connectivity index (χ0v) is 8.55. The first-order valence-corrected chi connectivity index (χ1v) is 4.26. The summed E-state index contributed by atoms with van der Waals surface area (Å²) < 4.78 is 4.56. The molecular formula is C10H8ClNO2. The molecule has 0 saturated carbocycles. The molecule has 0 aliphatic rings. The Hall–Kier alpha value is -1.53. The molecule has 14 heavy (non-hydrogen) atoms. The van der Waals surface area contributed by atoms with Crippen LogP contribution in [0, 0.1) is 18.3 Å². The standard InChI is InChI=1S/C10H8ClNO2/c1-6-8(10(13)14-2)3-7(5-12)4-9(6)11/h3-4H,1-2H3. The van der Waals surface area contributed by atoms with Crippen molar-refractivity contribution in [1.29, 1.82) is 5.26 Å². The van der Waals surface area contributed by atoms with Crippen LogP contribution in [-0.2, 0) is 4.74 Å². The van der Waals surface area contributed by atoms with E-state index in [9.17, 15) is 4.79 Å². The van der Waals surface area contributed by atoms with Crippen molar-refractivity contribution in [2.24, 2.45) is 0 Å². The van der Waals surface area contributed by atoms with Crippen molar-refractivity contribution in [1.82, 2.24) is 0 Å². The van der Waals surface area contributed by atoms with Crippen LogP contribution in [0.2, 0.25) is 5.02 Å². The number of methoxy groups -OCH3 is 1. The number of ether oxygens (including phenoxy) is 1. The molecule has 0 amide bonds. The van der Waals surface area contributed by atoms with Crippen LogP contribution in [-0.4, -0.2) is 13.1 Å². The molecule has 4 heteroatoms. The normalized spacial score (nSPS) is 9.29. The van der Waals surface area contributed by atoms with E-state index in [2.05, 4.69) is 4.74 Å². The molecule has 0 heterocycles. The highest BCUT2D eigenvalue weighted by atomic mass is 35.5. The van der Waals surface area contributed by atoms with Crippen molar-refractivity contribution in [3.8, 4) is 6.07 Å². The summed E-state index contributed by atoms with van der Waals surface area (Å²) in [5.74, 6) is -0.485. The van der Waals surface area contributed by atoms with Gasteiger partial charge < -0.3 is 4.74 Å². The first-order chi connectivity index (χ1) is 6.60. The van der Waals surface area contributed by atoms with Gasteiger partial charge in [0.05, 0.1) is 24.3 Å². The lowest BCUT2D eigenvalue weighted by molar-refractivity contribution is 0.0600. The van der Waals surface area contributed by atoms with Crippen LogP contribution in [0.25, 0.3) is 0 Å². The van der Waals surface area contributed by atoms with Crippen molar-refractivity contribution >= 4 is 17.6 Å². The highest BCUT2D eigenvalue weighted by Gasteiger charge is 2.12. The Morgan fingerprint density at radius 2 is 2.21 bits per heavy atom. The van der Waals surface area contributed by atoms with Crippen molar-refractivity contribution in [2.45, 2.75) is 6.92 Å². The van der Waals surface area contributed by atoms with Gasteiger partial charge in [0, 0.05) is 5.02 Å². The summed E-state index contributed by atoms with van der Waals surface area (Å²) in [5.41, 5.74) is 1.30. The second-order valence-corrected chi connectivity index (χ2v) is 3.14. The Labute approximate surface area is 86.9 Å². The van der Waals surface area contributed by atoms with E-state index in [0.29, 0.717) is 21.7 Å². The lowest BCUT2D eigenvalue weighted by Crippen LogP contribution is -2.04. The number of carbonyl (C=O) groups excluding carboxylic acids is 1. The summed E-state index contributed by atoms with van der Waals surface area (Å²) >= 11 is 5.84. The maximum atomic E-state index is 11.3. The molecule has 72 valence electrons. The molecule has 0 saturated heterocycles. The second kappa shape index (κ2) is 4.12. The number of benzene rings is 1. The third-order valence-corrected chi connectivity index (χ3v) is 2.27. The van der Waals surface area contributed by atoms with Gasteiger partial charge in [-0.1, -0.05) is 11.6 Å². The fourth-order valence-corrected chi connectivity index (χ4v) is 1.28. The smallest absolute Gasteiger partial charge is 0.338 e. The number of nitriles is 1. The number of rotatable bonds is 1. The molecule has 0 N–H and O–H groups in total. The summed E-state index contributed by atoms with van der Waals surface area (Å²) in [6, 6.07) is 4.90. The van der Waals surface area contributed by atoms with Crippen molar-refractivity contribution in [2.75, 3.05) is 7.11 Å². The molecule has 0 aromatic heterocycles. The summed E-state index contributed by atoms with van der Waals surface area (Å²) in [6.45, 7) is 1.70. The molecule has 0 spiro atoms. The molecular weight excluding hydrogens is 202 g/mol. The Morgan fingerprint density at radius 1 is 1.57 bits per heavy atom. The second-order valence-electron chi connectivity index (χ2n) is 2.73. The Balaban J connectivity index is 3.36. The SMILES string of the molecule is COC(=O)c1cc(C#N)cc(Cl)c1C. The molecule has 3 nitrogen and oxygen atoms in total. The predicted molar refractivity (Wildman–Crippen MR) is 52.2 cm³/mol. The third kappa shape index (κ3) is 1.86. The molecule has 0 atom stereocenters. The average molecular weight is 210 g/mol. The minimum absolute atomic E-state index is 0.330. The largest absolute Gasteiger partial charge is 0.465 e. The van der Waals surface area contributed by atoms with Crippen molar-refractivity contribution in [3.05, 3.63) is 33.8 Å². The van der Waals surface area contributed by atoms with Gasteiger partial charge in [0.2, 0.25) is 0 Å². The zero-order chi connectivity index (χ0) is 10.7. The molecule has 1 aromatic rings. The molecule has 0 unspecified atom stereocenters. The topological polar surface area (TPSA) is 50.1 Å². The minimum Gasteiger partial charge on any atom is -0.465 e. The first-order valence-electron chi connectivity index (χ1n) is 3.88. The highest BCUT2D eigenvalue weighted by molar-refractivity contribution is 6.32. The number of hydrogen-bond donors (Lipinski definition) is 0. The number of hydrogen-bond acceptors (Lipinski definition) is 3. The van der Waals surface area contributed by atoms with Gasteiger partial charge in [0.25, 0.3) is 0 Å². The van der Waals surface area contributed by atoms with Crippen LogP contribution < -0.4 is 0 Å². The zero-order valence-electron chi connectivity index (χ0n) is 7.80. The summed E-state index contributed by atoms with van der Waals surface area (Å²) in [5, 5.41) is 9.06. The molecule has 0 bridgehead atoms. The lowest BCUT2D eigenvalue weighted by atomic mass is 10.1. The Kier molecular flexibility index (Phi) is 3.10. The summed E-state index contributed by atoms with van der Waals surface area (Å²) in [7, 11) is 1.29. The maximum absolute atomic E-state index is 11.3. The molecule has 1 aromatic carbocycles. The van der Waals surface area contributed by atoms with Crippen LogP contribution in [0.4, 0.5) is 0 Å². The van der Waals surface area contributed by atoms with Gasteiger partial charge in [-0.3, -0.25) is 0 Å². The minimum atomic E-state index is -0.485. The molecule has 1 rings (SSSR count). The van der Waals surface area contributed by atoms with E-state index < -0.39 is 5.97 Å². The molecule has 0 radical (unpaired) electrons. The summed E-state index contributed by atoms with van der Waals surface area (Å²) in [4.78, 5) is 11.3.